The first-order valence-electron chi connectivity index (χ1n) is 11.5. The van der Waals surface area contributed by atoms with Gasteiger partial charge in [-0.1, -0.05) is 24.3 Å². The van der Waals surface area contributed by atoms with Crippen LogP contribution in [0, 0.1) is 5.92 Å². The van der Waals surface area contributed by atoms with Crippen molar-refractivity contribution in [1.29, 1.82) is 0 Å². The minimum atomic E-state index is -2.64. The highest BCUT2D eigenvalue weighted by Crippen LogP contribution is 2.36. The van der Waals surface area contributed by atoms with Crippen molar-refractivity contribution in [2.45, 2.75) is 45.1 Å². The first-order valence-corrected chi connectivity index (χ1v) is 11.5. The molecule has 1 aromatic heterocycles. The van der Waals surface area contributed by atoms with Gasteiger partial charge in [-0.2, -0.15) is 0 Å². The van der Waals surface area contributed by atoms with Gasteiger partial charge in [0, 0.05) is 29.9 Å². The van der Waals surface area contributed by atoms with E-state index in [-0.39, 0.29) is 49.8 Å². The third-order valence-corrected chi connectivity index (χ3v) is 6.66. The zero-order valence-electron chi connectivity index (χ0n) is 18.8. The number of carbonyl (C=O) groups is 2. The molecule has 7 heteroatoms. The molecule has 0 bridgehead atoms. The highest BCUT2D eigenvalue weighted by molar-refractivity contribution is 6.03. The highest BCUT2D eigenvalue weighted by Gasteiger charge is 2.37. The van der Waals surface area contributed by atoms with E-state index in [1.807, 2.05) is 30.3 Å². The molecular formula is C27H25F2N3O2. The number of halogens is 2. The summed E-state index contributed by atoms with van der Waals surface area (Å²) in [6, 6.07) is 16.0. The number of fused-ring (bicyclic) bond motifs is 2. The molecular weight excluding hydrogens is 436 g/mol. The van der Waals surface area contributed by atoms with E-state index in [1.165, 1.54) is 0 Å². The van der Waals surface area contributed by atoms with Gasteiger partial charge >= 0.3 is 0 Å². The number of benzene rings is 3. The van der Waals surface area contributed by atoms with Crippen LogP contribution >= 0.6 is 0 Å². The molecule has 174 valence electrons. The molecule has 0 spiro atoms. The minimum Gasteiger partial charge on any atom is -0.349 e. The highest BCUT2D eigenvalue weighted by atomic mass is 19.3. The zero-order valence-corrected chi connectivity index (χ0v) is 18.8. The Morgan fingerprint density at radius 1 is 1.00 bits per heavy atom. The minimum absolute atomic E-state index is 0.0453. The summed E-state index contributed by atoms with van der Waals surface area (Å²) in [6.45, 7) is 1.79. The van der Waals surface area contributed by atoms with E-state index in [1.54, 1.807) is 13.1 Å². The van der Waals surface area contributed by atoms with Gasteiger partial charge in [0.2, 0.25) is 11.8 Å². The number of ketones is 1. The van der Waals surface area contributed by atoms with Crippen molar-refractivity contribution >= 4 is 33.2 Å². The largest absolute Gasteiger partial charge is 0.349 e. The third-order valence-electron chi connectivity index (χ3n) is 6.66. The number of imidazole rings is 1. The maximum atomic E-state index is 13.3. The molecule has 1 saturated carbocycles. The van der Waals surface area contributed by atoms with Gasteiger partial charge in [0.1, 0.15) is 5.82 Å². The Bertz CT molecular complexity index is 1400. The Morgan fingerprint density at radius 2 is 1.68 bits per heavy atom. The van der Waals surface area contributed by atoms with Gasteiger partial charge in [0.25, 0.3) is 0 Å². The normalized spacial score (nSPS) is 16.1. The Hall–Kier alpha value is -3.61. The van der Waals surface area contributed by atoms with Gasteiger partial charge in [-0.25, -0.2) is 13.8 Å². The second kappa shape index (κ2) is 8.63. The molecule has 2 N–H and O–H groups in total. The lowest BCUT2D eigenvalue weighted by Gasteiger charge is -2.27. The first kappa shape index (κ1) is 22.2. The Balaban J connectivity index is 1.30. The van der Waals surface area contributed by atoms with Crippen molar-refractivity contribution in [3.8, 4) is 11.3 Å². The lowest BCUT2D eigenvalue weighted by atomic mass is 9.86. The average molecular weight is 462 g/mol. The summed E-state index contributed by atoms with van der Waals surface area (Å²) < 4.78 is 26.6. The predicted molar refractivity (Wildman–Crippen MR) is 128 cm³/mol. The molecule has 5 rings (SSSR count). The number of hydrogen-bond donors (Lipinski definition) is 2. The summed E-state index contributed by atoms with van der Waals surface area (Å²) in [7, 11) is 0. The number of rotatable bonds is 5. The number of nitrogens with zero attached hydrogens (tertiary/aromatic N) is 1. The summed E-state index contributed by atoms with van der Waals surface area (Å²) in [5.41, 5.74) is 2.49. The topological polar surface area (TPSA) is 74.8 Å². The monoisotopic (exact) mass is 461 g/mol. The second-order valence-corrected chi connectivity index (χ2v) is 9.12. The molecule has 0 aliphatic heterocycles. The molecule has 0 saturated heterocycles. The van der Waals surface area contributed by atoms with E-state index >= 15 is 0 Å². The number of Topliss-reactive ketones (excluding diaryl/α,β-unsaturated/α-hetero) is 1. The van der Waals surface area contributed by atoms with E-state index in [2.05, 4.69) is 33.5 Å². The number of alkyl halides is 2. The lowest BCUT2D eigenvalue weighted by Crippen LogP contribution is -2.35. The fourth-order valence-corrected chi connectivity index (χ4v) is 4.60. The van der Waals surface area contributed by atoms with Crippen molar-refractivity contribution in [3.05, 3.63) is 66.1 Å². The van der Waals surface area contributed by atoms with E-state index in [0.717, 1.165) is 32.8 Å². The van der Waals surface area contributed by atoms with Crippen molar-refractivity contribution in [2.75, 3.05) is 0 Å². The third kappa shape index (κ3) is 4.55. The average Bonchev–Trinajstić information content (AvgIpc) is 3.29. The van der Waals surface area contributed by atoms with Gasteiger partial charge in [-0.05, 0) is 65.6 Å². The number of H-pyrrole nitrogens is 1. The lowest BCUT2D eigenvalue weighted by molar-refractivity contribution is -0.129. The summed E-state index contributed by atoms with van der Waals surface area (Å²) in [4.78, 5) is 31.6. The maximum Gasteiger partial charge on any atom is 0.248 e. The molecule has 0 radical (unpaired) electrons. The summed E-state index contributed by atoms with van der Waals surface area (Å²) in [5.74, 6) is -2.55. The summed E-state index contributed by atoms with van der Waals surface area (Å²) in [5, 5.41) is 7.04. The van der Waals surface area contributed by atoms with Crippen LogP contribution < -0.4 is 5.32 Å². The van der Waals surface area contributed by atoms with Crippen LogP contribution in [0.1, 0.15) is 48.8 Å². The van der Waals surface area contributed by atoms with Crippen LogP contribution in [-0.2, 0) is 11.3 Å². The fraction of sp³-hybridized carbons (Fsp3) is 0.296. The second-order valence-electron chi connectivity index (χ2n) is 9.12. The SMILES string of the molecule is CC(=O)c1ccc2cc3cc(-c4cnc(CNC(=O)C5CCC(F)(F)CC5)[nH]4)ccc3cc2c1. The van der Waals surface area contributed by atoms with Gasteiger partial charge < -0.3 is 10.3 Å². The number of carbonyl (C=O) groups excluding carboxylic acids is 2. The van der Waals surface area contributed by atoms with Crippen LogP contribution in [-0.4, -0.2) is 27.6 Å². The van der Waals surface area contributed by atoms with Crippen LogP contribution in [0.25, 0.3) is 32.8 Å². The molecule has 5 nitrogen and oxygen atoms in total. The van der Waals surface area contributed by atoms with E-state index < -0.39 is 5.92 Å². The van der Waals surface area contributed by atoms with Crippen molar-refractivity contribution in [2.24, 2.45) is 5.92 Å². The number of amides is 1. The fourth-order valence-electron chi connectivity index (χ4n) is 4.60. The van der Waals surface area contributed by atoms with Crippen LogP contribution in [0.2, 0.25) is 0 Å². The molecule has 1 aliphatic rings. The molecule has 0 atom stereocenters. The molecule has 1 aliphatic carbocycles. The van der Waals surface area contributed by atoms with Crippen molar-refractivity contribution < 1.29 is 18.4 Å². The summed E-state index contributed by atoms with van der Waals surface area (Å²) in [6.07, 6.45) is 1.69. The van der Waals surface area contributed by atoms with E-state index in [0.29, 0.717) is 11.4 Å². The Morgan fingerprint density at radius 3 is 2.38 bits per heavy atom. The van der Waals surface area contributed by atoms with Crippen molar-refractivity contribution in [3.63, 3.8) is 0 Å². The van der Waals surface area contributed by atoms with Crippen LogP contribution in [0.15, 0.2) is 54.7 Å². The molecule has 34 heavy (non-hydrogen) atoms. The van der Waals surface area contributed by atoms with Crippen molar-refractivity contribution in [1.82, 2.24) is 15.3 Å². The predicted octanol–water partition coefficient (Wildman–Crippen LogP) is 6.03. The van der Waals surface area contributed by atoms with Crippen LogP contribution in [0.4, 0.5) is 8.78 Å². The first-order chi connectivity index (χ1) is 16.3. The van der Waals surface area contributed by atoms with Crippen LogP contribution in [0.3, 0.4) is 0 Å². The van der Waals surface area contributed by atoms with Gasteiger partial charge in [-0.15, -0.1) is 0 Å². The molecule has 1 amide bonds. The quantitative estimate of drug-likeness (QED) is 0.282. The van der Waals surface area contributed by atoms with E-state index in [9.17, 15) is 18.4 Å². The molecule has 4 aromatic rings. The summed E-state index contributed by atoms with van der Waals surface area (Å²) >= 11 is 0. The van der Waals surface area contributed by atoms with Crippen LogP contribution in [0.5, 0.6) is 0 Å². The zero-order chi connectivity index (χ0) is 23.9. The number of aromatic amines is 1. The smallest absolute Gasteiger partial charge is 0.248 e. The standard InChI is InChI=1S/C27H25F2N3O2/c1-16(33)18-2-3-19-12-23-13-21(5-4-20(23)11-22(19)10-18)24-14-30-25(32-24)15-31-26(34)17-6-8-27(28,29)9-7-17/h2-5,10-14,17H,6-9,15H2,1H3,(H,30,32)(H,31,34). The maximum absolute atomic E-state index is 13.3. The molecule has 3 aromatic carbocycles. The molecule has 0 unspecified atom stereocenters. The number of hydrogen-bond acceptors (Lipinski definition) is 3. The Labute approximate surface area is 195 Å². The molecule has 1 fully saturated rings. The molecule has 1 heterocycles. The number of aromatic nitrogens is 2. The van der Waals surface area contributed by atoms with Gasteiger partial charge in [0.05, 0.1) is 18.4 Å². The Kier molecular flexibility index (Phi) is 5.63. The van der Waals surface area contributed by atoms with Gasteiger partial charge in [0.15, 0.2) is 5.78 Å². The number of nitrogens with one attached hydrogen (secondary N) is 2. The van der Waals surface area contributed by atoms with Gasteiger partial charge in [-0.3, -0.25) is 9.59 Å². The van der Waals surface area contributed by atoms with E-state index in [4.69, 9.17) is 0 Å².